The Hall–Kier alpha value is -0.940. The molecule has 0 amide bonds. The molecule has 0 aliphatic carbocycles. The fourth-order valence-corrected chi connectivity index (χ4v) is 1.18. The second kappa shape index (κ2) is 9.13. The van der Waals surface area contributed by atoms with E-state index >= 15 is 0 Å². The van der Waals surface area contributed by atoms with Crippen LogP contribution in [-0.4, -0.2) is 65.7 Å². The molecule has 0 aromatic heterocycles. The molecule has 0 saturated carbocycles. The van der Waals surface area contributed by atoms with Crippen molar-refractivity contribution < 1.29 is 27.7 Å². The minimum absolute atomic E-state index is 0.149. The van der Waals surface area contributed by atoms with Crippen LogP contribution in [0.15, 0.2) is 0 Å². The third-order valence-corrected chi connectivity index (χ3v) is 2.17. The molecule has 98 valence electrons. The summed E-state index contributed by atoms with van der Waals surface area (Å²) < 4.78 is 4.39. The molecule has 0 unspecified atom stereocenters. The Morgan fingerprint density at radius 1 is 1.18 bits per heavy atom. The van der Waals surface area contributed by atoms with Crippen LogP contribution in [0, 0.1) is 0 Å². The molecule has 0 aromatic rings. The topological polar surface area (TPSA) is 116 Å². The van der Waals surface area contributed by atoms with Crippen molar-refractivity contribution in [1.82, 2.24) is 10.2 Å². The number of carbonyl (C=O) groups is 3. The smallest absolute Gasteiger partial charge is 0.329 e. The number of carboxylic acids is 2. The Balaban J connectivity index is 3.97. The number of carbonyl (C=O) groups excluding carboxylic acids is 1. The van der Waals surface area contributed by atoms with Gasteiger partial charge in [0.05, 0.1) is 19.6 Å². The van der Waals surface area contributed by atoms with Gasteiger partial charge < -0.3 is 18.6 Å². The van der Waals surface area contributed by atoms with Gasteiger partial charge in [0.2, 0.25) is 0 Å². The molecule has 0 radical (unpaired) electrons. The monoisotopic (exact) mass is 360 g/mol. The number of nitrogens with one attached hydrogen (secondary N) is 1. The molecule has 17 heavy (non-hydrogen) atoms. The van der Waals surface area contributed by atoms with E-state index in [2.05, 4.69) is 8.38 Å². The predicted octanol–water partition coefficient (Wildman–Crippen LogP) is -1.06. The van der Waals surface area contributed by atoms with Crippen molar-refractivity contribution in [3.8, 4) is 0 Å². The quantitative estimate of drug-likeness (QED) is 0.352. The lowest BCUT2D eigenvalue weighted by Gasteiger charge is -2.18. The van der Waals surface area contributed by atoms with E-state index in [1.807, 2.05) is 0 Å². The Bertz CT molecular complexity index is 285. The van der Waals surface area contributed by atoms with Crippen LogP contribution in [-0.2, 0) is 17.4 Å². The van der Waals surface area contributed by atoms with Crippen LogP contribution >= 0.6 is 23.0 Å². The van der Waals surface area contributed by atoms with Crippen molar-refractivity contribution >= 4 is 40.9 Å². The molecule has 0 aliphatic heterocycles. The van der Waals surface area contributed by atoms with Gasteiger partial charge in [-0.2, -0.15) is 0 Å². The van der Waals surface area contributed by atoms with Crippen molar-refractivity contribution in [1.29, 1.82) is 0 Å². The molecule has 3 N–H and O–H groups in total. The zero-order valence-electron chi connectivity index (χ0n) is 8.89. The zero-order valence-corrected chi connectivity index (χ0v) is 11.0. The summed E-state index contributed by atoms with van der Waals surface area (Å²) in [5.41, 5.74) is 0. The van der Waals surface area contributed by atoms with E-state index in [-0.39, 0.29) is 32.7 Å². The maximum Gasteiger partial charge on any atom is 0.329 e. The van der Waals surface area contributed by atoms with E-state index in [4.69, 9.17) is 10.2 Å². The SMILES string of the molecule is O=C(O)CNCCN(CC(=O)O)CC(=O)OI. The standard InChI is InChI=1S/C8H13IN2O6/c9-17-8(16)5-11(4-7(14)15)2-1-10-3-6(12)13/h10H,1-5H2,(H,12,13)(H,14,15). The summed E-state index contributed by atoms with van der Waals surface area (Å²) in [5.74, 6) is -2.61. The van der Waals surface area contributed by atoms with E-state index in [0.717, 1.165) is 0 Å². The summed E-state index contributed by atoms with van der Waals surface area (Å²) in [7, 11) is 0. The lowest BCUT2D eigenvalue weighted by atomic mass is 10.4. The van der Waals surface area contributed by atoms with Gasteiger partial charge in [-0.3, -0.25) is 14.5 Å². The molecule has 0 atom stereocenters. The van der Waals surface area contributed by atoms with E-state index < -0.39 is 17.9 Å². The number of carboxylic acid groups (broad SMARTS) is 2. The van der Waals surface area contributed by atoms with Crippen LogP contribution in [0.25, 0.3) is 0 Å². The van der Waals surface area contributed by atoms with E-state index in [1.165, 1.54) is 27.9 Å². The van der Waals surface area contributed by atoms with E-state index in [0.29, 0.717) is 0 Å². The number of hydrogen-bond donors (Lipinski definition) is 3. The molecule has 8 nitrogen and oxygen atoms in total. The summed E-state index contributed by atoms with van der Waals surface area (Å²) in [4.78, 5) is 33.0. The number of halogens is 1. The summed E-state index contributed by atoms with van der Waals surface area (Å²) in [6, 6.07) is 0. The van der Waals surface area contributed by atoms with E-state index in [1.54, 1.807) is 0 Å². The Morgan fingerprint density at radius 3 is 2.29 bits per heavy atom. The molecule has 0 spiro atoms. The van der Waals surface area contributed by atoms with Crippen LogP contribution in [0.4, 0.5) is 0 Å². The highest BCUT2D eigenvalue weighted by atomic mass is 127. The largest absolute Gasteiger partial charge is 0.480 e. The fraction of sp³-hybridized carbons (Fsp3) is 0.625. The normalized spacial score (nSPS) is 10.2. The van der Waals surface area contributed by atoms with Gasteiger partial charge in [-0.1, -0.05) is 0 Å². The third-order valence-electron chi connectivity index (χ3n) is 1.68. The van der Waals surface area contributed by atoms with Crippen LogP contribution in [0.2, 0.25) is 0 Å². The first-order valence-electron chi connectivity index (χ1n) is 4.63. The number of nitrogens with zero attached hydrogens (tertiary/aromatic N) is 1. The molecular formula is C8H13IN2O6. The van der Waals surface area contributed by atoms with Crippen molar-refractivity contribution in [2.24, 2.45) is 0 Å². The van der Waals surface area contributed by atoms with Crippen LogP contribution < -0.4 is 5.32 Å². The van der Waals surface area contributed by atoms with Gasteiger partial charge in [-0.25, -0.2) is 4.79 Å². The molecule has 0 saturated heterocycles. The molecule has 0 aromatic carbocycles. The first kappa shape index (κ1) is 16.1. The first-order valence-corrected chi connectivity index (χ1v) is 5.52. The molecule has 0 heterocycles. The van der Waals surface area contributed by atoms with Crippen molar-refractivity contribution in [3.05, 3.63) is 0 Å². The molecular weight excluding hydrogens is 347 g/mol. The first-order chi connectivity index (χ1) is 7.95. The summed E-state index contributed by atoms with van der Waals surface area (Å²) in [5, 5.41) is 19.6. The predicted molar refractivity (Wildman–Crippen MR) is 64.7 cm³/mol. The molecule has 0 aliphatic rings. The Labute approximate surface area is 112 Å². The second-order valence-electron chi connectivity index (χ2n) is 3.12. The molecule has 9 heteroatoms. The highest BCUT2D eigenvalue weighted by molar-refractivity contribution is 14.1. The lowest BCUT2D eigenvalue weighted by Crippen LogP contribution is -2.40. The van der Waals surface area contributed by atoms with Gasteiger partial charge in [0.25, 0.3) is 0 Å². The number of hydrogen-bond acceptors (Lipinski definition) is 6. The lowest BCUT2D eigenvalue weighted by molar-refractivity contribution is -0.140. The summed E-state index contributed by atoms with van der Waals surface area (Å²) in [6.45, 7) is -0.151. The average molecular weight is 360 g/mol. The van der Waals surface area contributed by atoms with Gasteiger partial charge in [0, 0.05) is 13.1 Å². The van der Waals surface area contributed by atoms with Gasteiger partial charge in [-0.05, 0) is 0 Å². The maximum absolute atomic E-state index is 11.0. The Morgan fingerprint density at radius 2 is 1.82 bits per heavy atom. The number of rotatable bonds is 9. The van der Waals surface area contributed by atoms with E-state index in [9.17, 15) is 14.4 Å². The molecule has 0 bridgehead atoms. The summed E-state index contributed by atoms with van der Waals surface area (Å²) in [6.07, 6.45) is 0. The second-order valence-corrected chi connectivity index (χ2v) is 3.56. The molecule has 0 fully saturated rings. The maximum atomic E-state index is 11.0. The Kier molecular flexibility index (Phi) is 8.62. The highest BCUT2D eigenvalue weighted by Gasteiger charge is 2.14. The fourth-order valence-electron chi connectivity index (χ4n) is 1.04. The highest BCUT2D eigenvalue weighted by Crippen LogP contribution is 1.93. The minimum atomic E-state index is -1.07. The van der Waals surface area contributed by atoms with Gasteiger partial charge in [0.15, 0.2) is 23.0 Å². The average Bonchev–Trinajstić information content (AvgIpc) is 2.22. The van der Waals surface area contributed by atoms with Crippen molar-refractivity contribution in [3.63, 3.8) is 0 Å². The van der Waals surface area contributed by atoms with Gasteiger partial charge >= 0.3 is 17.9 Å². The zero-order chi connectivity index (χ0) is 13.3. The summed E-state index contributed by atoms with van der Waals surface area (Å²) >= 11 is 1.42. The van der Waals surface area contributed by atoms with Gasteiger partial charge in [0.1, 0.15) is 0 Å². The van der Waals surface area contributed by atoms with Crippen LogP contribution in [0.5, 0.6) is 0 Å². The van der Waals surface area contributed by atoms with Crippen molar-refractivity contribution in [2.75, 3.05) is 32.7 Å². The molecule has 0 rings (SSSR count). The van der Waals surface area contributed by atoms with Crippen LogP contribution in [0.3, 0.4) is 0 Å². The van der Waals surface area contributed by atoms with Gasteiger partial charge in [-0.15, -0.1) is 0 Å². The third kappa shape index (κ3) is 9.96. The minimum Gasteiger partial charge on any atom is -0.480 e. The number of aliphatic carboxylic acids is 2. The van der Waals surface area contributed by atoms with Crippen molar-refractivity contribution in [2.45, 2.75) is 0 Å². The van der Waals surface area contributed by atoms with Crippen LogP contribution in [0.1, 0.15) is 0 Å².